The van der Waals surface area contributed by atoms with Gasteiger partial charge in [0.1, 0.15) is 0 Å². The van der Waals surface area contributed by atoms with Gasteiger partial charge in [-0.1, -0.05) is 69.7 Å². The summed E-state index contributed by atoms with van der Waals surface area (Å²) in [6, 6.07) is 0. The normalized spacial score (nSPS) is 36.9. The molecule has 3 aliphatic rings. The van der Waals surface area contributed by atoms with Crippen LogP contribution < -0.4 is 0 Å². The highest BCUT2D eigenvalue weighted by molar-refractivity contribution is 6.00. The van der Waals surface area contributed by atoms with Crippen LogP contribution in [0, 0.1) is 28.1 Å². The average molecular weight is 481 g/mol. The van der Waals surface area contributed by atoms with Crippen molar-refractivity contribution in [3.05, 3.63) is 58.7 Å². The molecule has 0 radical (unpaired) electrons. The molecule has 3 rings (SSSR count). The number of Topliss-reactive ketones (excluding diaryl/α,β-unsaturated/α-hetero) is 1. The molecule has 0 aromatic rings. The number of hydrogen-bond acceptors (Lipinski definition) is 4. The molecule has 0 spiro atoms. The maximum atomic E-state index is 13.4. The number of aliphatic hydroxyl groups is 1. The van der Waals surface area contributed by atoms with Gasteiger partial charge >= 0.3 is 5.97 Å². The molecule has 5 atom stereocenters. The third-order valence-corrected chi connectivity index (χ3v) is 9.58. The second-order valence-electron chi connectivity index (χ2n) is 12.1. The molecule has 0 bridgehead atoms. The van der Waals surface area contributed by atoms with Gasteiger partial charge < -0.3 is 9.84 Å². The van der Waals surface area contributed by atoms with Gasteiger partial charge in [0.2, 0.25) is 0 Å². The molecule has 0 amide bonds. The molecule has 0 heterocycles. The van der Waals surface area contributed by atoms with E-state index in [1.54, 1.807) is 13.0 Å². The summed E-state index contributed by atoms with van der Waals surface area (Å²) in [5.74, 6) is 0.738. The number of aliphatic hydroxyl groups excluding tert-OH is 1. The summed E-state index contributed by atoms with van der Waals surface area (Å²) in [7, 11) is 1.38. The van der Waals surface area contributed by atoms with Crippen LogP contribution in [0.3, 0.4) is 0 Å². The Hall–Kier alpha value is -2.20. The summed E-state index contributed by atoms with van der Waals surface area (Å²) in [6.45, 7) is 14.9. The first-order valence-electron chi connectivity index (χ1n) is 13.0. The molecule has 1 N–H and O–H groups in total. The van der Waals surface area contributed by atoms with E-state index in [2.05, 4.69) is 40.7 Å². The van der Waals surface area contributed by atoms with E-state index in [0.717, 1.165) is 42.4 Å². The first-order valence-corrected chi connectivity index (χ1v) is 13.0. The smallest absolute Gasteiger partial charge is 0.333 e. The number of fused-ring (bicyclic) bond motifs is 3. The number of methoxy groups -OCH3 is 1. The summed E-state index contributed by atoms with van der Waals surface area (Å²) in [6.07, 6.45) is 15.9. The van der Waals surface area contributed by atoms with Gasteiger partial charge in [0.15, 0.2) is 5.78 Å². The van der Waals surface area contributed by atoms with Crippen molar-refractivity contribution in [2.24, 2.45) is 28.1 Å². The zero-order valence-electron chi connectivity index (χ0n) is 22.9. The molecule has 0 aliphatic heterocycles. The second kappa shape index (κ2) is 10.0. The number of rotatable bonds is 5. The summed E-state index contributed by atoms with van der Waals surface area (Å²) in [4.78, 5) is 24.9. The minimum absolute atomic E-state index is 0.0776. The molecule has 0 unspecified atom stereocenters. The third-order valence-electron chi connectivity index (χ3n) is 9.58. The summed E-state index contributed by atoms with van der Waals surface area (Å²) < 4.78 is 4.70. The highest BCUT2D eigenvalue weighted by Crippen LogP contribution is 2.69. The maximum Gasteiger partial charge on any atom is 0.333 e. The van der Waals surface area contributed by atoms with E-state index in [4.69, 9.17) is 4.74 Å². The molecule has 4 nitrogen and oxygen atoms in total. The Morgan fingerprint density at radius 1 is 0.971 bits per heavy atom. The van der Waals surface area contributed by atoms with Gasteiger partial charge in [0.25, 0.3) is 0 Å². The van der Waals surface area contributed by atoms with Crippen LogP contribution in [0.1, 0.15) is 80.6 Å². The van der Waals surface area contributed by atoms with Crippen molar-refractivity contribution in [2.75, 3.05) is 7.11 Å². The van der Waals surface area contributed by atoms with Gasteiger partial charge in [-0.05, 0) is 74.7 Å². The highest BCUT2D eigenvalue weighted by Gasteiger charge is 2.64. The Kier molecular flexibility index (Phi) is 7.86. The second-order valence-corrected chi connectivity index (χ2v) is 12.1. The van der Waals surface area contributed by atoms with Crippen LogP contribution in [0.4, 0.5) is 0 Å². The van der Waals surface area contributed by atoms with Gasteiger partial charge in [-0.25, -0.2) is 4.79 Å². The van der Waals surface area contributed by atoms with Crippen LogP contribution in [-0.2, 0) is 14.3 Å². The Labute approximate surface area is 211 Å². The fourth-order valence-corrected chi connectivity index (χ4v) is 7.63. The predicted molar refractivity (Wildman–Crippen MR) is 142 cm³/mol. The average Bonchev–Trinajstić information content (AvgIpc) is 3.07. The molecule has 4 heteroatoms. The van der Waals surface area contributed by atoms with Crippen molar-refractivity contribution in [1.82, 2.24) is 0 Å². The van der Waals surface area contributed by atoms with Gasteiger partial charge in [-0.2, -0.15) is 0 Å². The summed E-state index contributed by atoms with van der Waals surface area (Å²) in [5.41, 5.74) is 3.53. The lowest BCUT2D eigenvalue weighted by Crippen LogP contribution is -2.57. The Morgan fingerprint density at radius 2 is 1.63 bits per heavy atom. The molecule has 0 aromatic carbocycles. The van der Waals surface area contributed by atoms with Crippen molar-refractivity contribution in [1.29, 1.82) is 0 Å². The largest absolute Gasteiger partial charge is 0.466 e. The minimum Gasteiger partial charge on any atom is -0.466 e. The number of carbonyl (C=O) groups is 2. The topological polar surface area (TPSA) is 63.6 Å². The third kappa shape index (κ3) is 4.91. The molecular formula is C31H44O4. The number of allylic oxidation sites excluding steroid dienone is 9. The van der Waals surface area contributed by atoms with Crippen molar-refractivity contribution >= 4 is 11.8 Å². The Morgan fingerprint density at radius 3 is 2.29 bits per heavy atom. The van der Waals surface area contributed by atoms with Crippen LogP contribution in [0.25, 0.3) is 0 Å². The van der Waals surface area contributed by atoms with E-state index in [9.17, 15) is 14.7 Å². The predicted octanol–water partition coefficient (Wildman–Crippen LogP) is 6.67. The molecule has 192 valence electrons. The van der Waals surface area contributed by atoms with E-state index in [1.807, 2.05) is 31.2 Å². The van der Waals surface area contributed by atoms with Gasteiger partial charge in [-0.3, -0.25) is 4.79 Å². The van der Waals surface area contributed by atoms with Crippen molar-refractivity contribution in [2.45, 2.75) is 86.7 Å². The molecule has 35 heavy (non-hydrogen) atoms. The van der Waals surface area contributed by atoms with Crippen LogP contribution in [-0.4, -0.2) is 30.1 Å². The van der Waals surface area contributed by atoms with Crippen molar-refractivity contribution in [3.63, 3.8) is 0 Å². The highest BCUT2D eigenvalue weighted by atomic mass is 16.5. The van der Waals surface area contributed by atoms with Gasteiger partial charge in [0, 0.05) is 23.0 Å². The van der Waals surface area contributed by atoms with Crippen LogP contribution in [0.2, 0.25) is 0 Å². The van der Waals surface area contributed by atoms with Gasteiger partial charge in [-0.15, -0.1) is 0 Å². The lowest BCUT2D eigenvalue weighted by Gasteiger charge is -2.62. The lowest BCUT2D eigenvalue weighted by molar-refractivity contribution is -0.157. The number of carbonyl (C=O) groups excluding carboxylic acids is 2. The summed E-state index contributed by atoms with van der Waals surface area (Å²) >= 11 is 0. The SMILES string of the molecule is COC(=O)/C(C)=C/C=C/C(C)=C/C=C/C(C)=C1\C(=O)C[C@H]2[C@@]3(C)CC[C@H](O)C(C)(C)[C@@H]3CC[C@]12C. The number of ketones is 1. The van der Waals surface area contributed by atoms with Crippen molar-refractivity contribution < 1.29 is 19.4 Å². The van der Waals surface area contributed by atoms with Crippen LogP contribution in [0.5, 0.6) is 0 Å². The maximum absolute atomic E-state index is 13.4. The monoisotopic (exact) mass is 480 g/mol. The van der Waals surface area contributed by atoms with E-state index < -0.39 is 0 Å². The Balaban J connectivity index is 1.83. The molecule has 3 aliphatic carbocycles. The number of hydrogen-bond donors (Lipinski definition) is 1. The van der Waals surface area contributed by atoms with Crippen LogP contribution in [0.15, 0.2) is 58.7 Å². The first kappa shape index (κ1) is 27.4. The molecule has 0 aromatic heterocycles. The van der Waals surface area contributed by atoms with Crippen molar-refractivity contribution in [3.8, 4) is 0 Å². The molecule has 0 saturated heterocycles. The van der Waals surface area contributed by atoms with E-state index >= 15 is 0 Å². The zero-order chi connectivity index (χ0) is 26.2. The lowest BCUT2D eigenvalue weighted by atomic mass is 9.43. The van der Waals surface area contributed by atoms with E-state index in [1.165, 1.54) is 7.11 Å². The number of esters is 1. The molecule has 3 fully saturated rings. The van der Waals surface area contributed by atoms with E-state index in [0.29, 0.717) is 29.6 Å². The standard InChI is InChI=1S/C31H44O4/c1-20(12-10-14-22(3)28(34)35-8)11-9-13-21(2)27-23(32)19-25-30(6)18-16-26(33)29(4,5)24(30)15-17-31(25,27)7/h9-14,24-26,33H,15-19H2,1-8H3/b12-10+,13-9+,20-11+,22-14+,27-21+/t24-,25-,26-,30-,31-/m0/s1. The Bertz CT molecular complexity index is 1020. The van der Waals surface area contributed by atoms with Gasteiger partial charge in [0.05, 0.1) is 13.2 Å². The van der Waals surface area contributed by atoms with E-state index in [-0.39, 0.29) is 28.3 Å². The fourth-order valence-electron chi connectivity index (χ4n) is 7.63. The number of ether oxygens (including phenoxy) is 1. The zero-order valence-corrected chi connectivity index (χ0v) is 22.9. The van der Waals surface area contributed by atoms with Crippen LogP contribution >= 0.6 is 0 Å². The fraction of sp³-hybridized carbons (Fsp3) is 0.613. The first-order chi connectivity index (χ1) is 16.3. The molecular weight excluding hydrogens is 436 g/mol. The minimum atomic E-state index is -0.331. The molecule has 3 saturated carbocycles. The summed E-state index contributed by atoms with van der Waals surface area (Å²) in [5, 5.41) is 10.7. The quantitative estimate of drug-likeness (QED) is 0.271.